The van der Waals surface area contributed by atoms with Gasteiger partial charge in [-0.1, -0.05) is 23.0 Å². The molecular formula is C12H14N3O2S+. The van der Waals surface area contributed by atoms with Crippen molar-refractivity contribution in [2.45, 2.75) is 19.4 Å². The number of aromatic nitrogens is 3. The topological polar surface area (TPSA) is 59.9 Å². The number of carbonyl (C=O) groups excluding carboxylic acids is 1. The quantitative estimate of drug-likeness (QED) is 0.735. The summed E-state index contributed by atoms with van der Waals surface area (Å²) in [6.07, 6.45) is 6.44. The number of hydrogen-bond acceptors (Lipinski definition) is 5. The number of aryl methyl sites for hydroxylation is 2. The van der Waals surface area contributed by atoms with Crippen LogP contribution in [0, 0.1) is 0 Å². The van der Waals surface area contributed by atoms with Crippen molar-refractivity contribution in [3.8, 4) is 0 Å². The molecule has 94 valence electrons. The van der Waals surface area contributed by atoms with E-state index in [4.69, 9.17) is 4.52 Å². The molecule has 2 heterocycles. The lowest BCUT2D eigenvalue weighted by atomic mass is 10.4. The minimum Gasteiger partial charge on any atom is -0.340 e. The molecular weight excluding hydrogens is 250 g/mol. The van der Waals surface area contributed by atoms with E-state index in [9.17, 15) is 4.79 Å². The van der Waals surface area contributed by atoms with Gasteiger partial charge in [-0.25, -0.2) is 4.57 Å². The van der Waals surface area contributed by atoms with E-state index in [-0.39, 0.29) is 5.12 Å². The van der Waals surface area contributed by atoms with Crippen LogP contribution in [0.3, 0.4) is 0 Å². The monoisotopic (exact) mass is 264 g/mol. The Morgan fingerprint density at radius 3 is 2.89 bits per heavy atom. The maximum Gasteiger partial charge on any atom is 0.227 e. The van der Waals surface area contributed by atoms with E-state index in [0.717, 1.165) is 0 Å². The van der Waals surface area contributed by atoms with Crippen molar-refractivity contribution in [3.05, 3.63) is 42.8 Å². The molecule has 0 aromatic carbocycles. The van der Waals surface area contributed by atoms with E-state index < -0.39 is 0 Å². The normalized spacial score (nSPS) is 10.4. The molecule has 0 radical (unpaired) electrons. The molecule has 18 heavy (non-hydrogen) atoms. The van der Waals surface area contributed by atoms with Crippen molar-refractivity contribution >= 4 is 16.9 Å². The summed E-state index contributed by atoms with van der Waals surface area (Å²) in [5.74, 6) is 1.26. The highest BCUT2D eigenvalue weighted by atomic mass is 32.2. The first kappa shape index (κ1) is 12.8. The van der Waals surface area contributed by atoms with Crippen LogP contribution in [-0.4, -0.2) is 21.0 Å². The Labute approximate surface area is 109 Å². The van der Waals surface area contributed by atoms with Crippen molar-refractivity contribution in [2.24, 2.45) is 0 Å². The zero-order chi connectivity index (χ0) is 12.6. The third kappa shape index (κ3) is 4.29. The second kappa shape index (κ2) is 6.90. The highest BCUT2D eigenvalue weighted by Gasteiger charge is 2.08. The van der Waals surface area contributed by atoms with Crippen LogP contribution in [0.2, 0.25) is 0 Å². The van der Waals surface area contributed by atoms with Crippen LogP contribution >= 0.6 is 11.8 Å². The molecule has 0 saturated heterocycles. The van der Waals surface area contributed by atoms with Crippen LogP contribution in [-0.2, 0) is 17.8 Å². The molecule has 0 N–H and O–H groups in total. The van der Waals surface area contributed by atoms with E-state index >= 15 is 0 Å². The third-order valence-corrected chi connectivity index (χ3v) is 3.27. The first-order valence-electron chi connectivity index (χ1n) is 5.70. The Kier molecular flexibility index (Phi) is 4.89. The average molecular weight is 264 g/mol. The Morgan fingerprint density at radius 1 is 1.33 bits per heavy atom. The van der Waals surface area contributed by atoms with Crippen LogP contribution in [0.15, 0.2) is 41.4 Å². The van der Waals surface area contributed by atoms with Crippen LogP contribution in [0.25, 0.3) is 0 Å². The third-order valence-electron chi connectivity index (χ3n) is 2.34. The minimum absolute atomic E-state index is 0.186. The SMILES string of the molecule is O=C(CC[n+]1ccccc1)SCCc1ncno1. The zero-order valence-electron chi connectivity index (χ0n) is 9.86. The van der Waals surface area contributed by atoms with Crippen molar-refractivity contribution in [3.63, 3.8) is 0 Å². The minimum atomic E-state index is 0.186. The molecule has 0 saturated carbocycles. The van der Waals surface area contributed by atoms with E-state index in [1.807, 2.05) is 35.2 Å². The van der Waals surface area contributed by atoms with Crippen molar-refractivity contribution in [2.75, 3.05) is 5.75 Å². The van der Waals surface area contributed by atoms with Crippen LogP contribution in [0.1, 0.15) is 12.3 Å². The summed E-state index contributed by atoms with van der Waals surface area (Å²) >= 11 is 1.31. The molecule has 5 nitrogen and oxygen atoms in total. The Hall–Kier alpha value is -1.69. The van der Waals surface area contributed by atoms with Crippen LogP contribution in [0.5, 0.6) is 0 Å². The molecule has 6 heteroatoms. The molecule has 2 rings (SSSR count). The second-order valence-electron chi connectivity index (χ2n) is 3.67. The summed E-state index contributed by atoms with van der Waals surface area (Å²) in [5, 5.41) is 3.70. The molecule has 0 aliphatic carbocycles. The number of rotatable bonds is 6. The molecule has 0 aliphatic heterocycles. The van der Waals surface area contributed by atoms with Crippen molar-refractivity contribution in [1.82, 2.24) is 10.1 Å². The molecule has 0 spiro atoms. The van der Waals surface area contributed by atoms with Gasteiger partial charge in [0.2, 0.25) is 5.89 Å². The molecule has 0 bridgehead atoms. The molecule has 0 unspecified atom stereocenters. The fourth-order valence-corrected chi connectivity index (χ4v) is 2.17. The van der Waals surface area contributed by atoms with E-state index in [2.05, 4.69) is 10.1 Å². The van der Waals surface area contributed by atoms with Gasteiger partial charge in [0.25, 0.3) is 0 Å². The highest BCUT2D eigenvalue weighted by Crippen LogP contribution is 2.08. The molecule has 0 aliphatic rings. The van der Waals surface area contributed by atoms with Gasteiger partial charge in [0.1, 0.15) is 0 Å². The number of thioether (sulfide) groups is 1. The van der Waals surface area contributed by atoms with Gasteiger partial charge in [0, 0.05) is 24.3 Å². The summed E-state index contributed by atoms with van der Waals surface area (Å²) in [6.45, 7) is 0.716. The van der Waals surface area contributed by atoms with Gasteiger partial charge in [0.15, 0.2) is 30.4 Å². The summed E-state index contributed by atoms with van der Waals surface area (Å²) in [4.78, 5) is 15.5. The number of nitrogens with zero attached hydrogens (tertiary/aromatic N) is 3. The predicted molar refractivity (Wildman–Crippen MR) is 66.7 cm³/mol. The lowest BCUT2D eigenvalue weighted by molar-refractivity contribution is -0.695. The van der Waals surface area contributed by atoms with Crippen LogP contribution in [0.4, 0.5) is 0 Å². The summed E-state index contributed by atoms with van der Waals surface area (Å²) in [5.41, 5.74) is 0. The number of pyridine rings is 1. The summed E-state index contributed by atoms with van der Waals surface area (Å²) in [6, 6.07) is 5.86. The lowest BCUT2D eigenvalue weighted by Crippen LogP contribution is -2.33. The Bertz CT molecular complexity index is 473. The molecule has 0 fully saturated rings. The largest absolute Gasteiger partial charge is 0.340 e. The van der Waals surface area contributed by atoms with Gasteiger partial charge in [-0.3, -0.25) is 4.79 Å². The summed E-state index contributed by atoms with van der Waals surface area (Å²) < 4.78 is 6.85. The molecule has 0 atom stereocenters. The summed E-state index contributed by atoms with van der Waals surface area (Å²) in [7, 11) is 0. The maximum absolute atomic E-state index is 11.6. The first-order valence-corrected chi connectivity index (χ1v) is 6.68. The highest BCUT2D eigenvalue weighted by molar-refractivity contribution is 8.13. The van der Waals surface area contributed by atoms with Gasteiger partial charge in [-0.05, 0) is 0 Å². The fraction of sp³-hybridized carbons (Fsp3) is 0.333. The van der Waals surface area contributed by atoms with E-state index in [1.54, 1.807) is 0 Å². The van der Waals surface area contributed by atoms with Gasteiger partial charge in [0.05, 0.1) is 6.42 Å². The van der Waals surface area contributed by atoms with Crippen molar-refractivity contribution < 1.29 is 13.9 Å². The van der Waals surface area contributed by atoms with E-state index in [1.165, 1.54) is 18.1 Å². The Morgan fingerprint density at radius 2 is 2.17 bits per heavy atom. The fourth-order valence-electron chi connectivity index (χ4n) is 1.43. The van der Waals surface area contributed by atoms with Gasteiger partial charge >= 0.3 is 0 Å². The number of hydrogen-bond donors (Lipinski definition) is 0. The zero-order valence-corrected chi connectivity index (χ0v) is 10.7. The van der Waals surface area contributed by atoms with Crippen LogP contribution < -0.4 is 4.57 Å². The smallest absolute Gasteiger partial charge is 0.227 e. The average Bonchev–Trinajstić information content (AvgIpc) is 2.91. The Balaban J connectivity index is 1.63. The molecule has 0 amide bonds. The van der Waals surface area contributed by atoms with Gasteiger partial charge in [-0.2, -0.15) is 4.98 Å². The molecule has 2 aromatic rings. The van der Waals surface area contributed by atoms with E-state index in [0.29, 0.717) is 31.0 Å². The van der Waals surface area contributed by atoms with Gasteiger partial charge in [-0.15, -0.1) is 0 Å². The lowest BCUT2D eigenvalue weighted by Gasteiger charge is -1.97. The second-order valence-corrected chi connectivity index (χ2v) is 4.82. The molecule has 2 aromatic heterocycles. The van der Waals surface area contributed by atoms with Gasteiger partial charge < -0.3 is 4.52 Å². The van der Waals surface area contributed by atoms with Crippen molar-refractivity contribution in [1.29, 1.82) is 0 Å². The predicted octanol–water partition coefficient (Wildman–Crippen LogP) is 1.25. The standard InChI is InChI=1S/C12H14N3O2S/c16-12(4-8-15-6-2-1-3-7-15)18-9-5-11-13-10-14-17-11/h1-3,6-7,10H,4-5,8-9H2/q+1. The first-order chi connectivity index (χ1) is 8.84. The number of carbonyl (C=O) groups is 1. The maximum atomic E-state index is 11.6.